The van der Waals surface area contributed by atoms with Crippen LogP contribution in [-0.2, 0) is 7.05 Å². The number of aryl methyl sites for hydroxylation is 1. The summed E-state index contributed by atoms with van der Waals surface area (Å²) in [6, 6.07) is 21.1. The number of rotatable bonds is 2. The maximum atomic E-state index is 13.5. The van der Waals surface area contributed by atoms with E-state index in [9.17, 15) is 9.59 Å². The lowest BCUT2D eigenvalue weighted by Gasteiger charge is -2.25. The van der Waals surface area contributed by atoms with Crippen LogP contribution in [0.5, 0.6) is 0 Å². The minimum atomic E-state index is -0.0404. The zero-order valence-electron chi connectivity index (χ0n) is 21.6. The molecule has 0 radical (unpaired) electrons. The van der Waals surface area contributed by atoms with Crippen molar-refractivity contribution < 1.29 is 4.79 Å². The molecule has 0 saturated carbocycles. The molecule has 0 aliphatic heterocycles. The molecule has 1 heterocycles. The Labute approximate surface area is 203 Å². The number of ketones is 1. The number of carbonyl (C=O) groups excluding carboxylic acids is 1. The summed E-state index contributed by atoms with van der Waals surface area (Å²) < 4.78 is 1.63. The third kappa shape index (κ3) is 4.54. The number of nitrogens with one attached hydrogen (secondary N) is 1. The van der Waals surface area contributed by atoms with E-state index in [0.717, 1.165) is 33.4 Å². The van der Waals surface area contributed by atoms with Crippen LogP contribution in [0, 0.1) is 6.92 Å². The van der Waals surface area contributed by atoms with Crippen LogP contribution in [0.1, 0.15) is 63.0 Å². The van der Waals surface area contributed by atoms with Crippen LogP contribution in [0.3, 0.4) is 0 Å². The second-order valence-corrected chi connectivity index (χ2v) is 7.11. The number of fused-ring (bicyclic) bond motifs is 2. The van der Waals surface area contributed by atoms with Gasteiger partial charge in [0.1, 0.15) is 0 Å². The highest BCUT2D eigenvalue weighted by atomic mass is 16.1. The molecule has 0 amide bonds. The van der Waals surface area contributed by atoms with Crippen molar-refractivity contribution in [3.63, 3.8) is 0 Å². The van der Waals surface area contributed by atoms with Gasteiger partial charge in [0.05, 0.1) is 16.8 Å². The molecule has 1 aromatic heterocycles. The number of aromatic nitrogens is 1. The molecule has 0 unspecified atom stereocenters. The second-order valence-electron chi connectivity index (χ2n) is 7.11. The third-order valence-electron chi connectivity index (χ3n) is 5.52. The highest BCUT2D eigenvalue weighted by Crippen LogP contribution is 2.43. The highest BCUT2D eigenvalue weighted by Gasteiger charge is 2.30. The predicted octanol–water partition coefficient (Wildman–Crippen LogP) is 7.88. The lowest BCUT2D eigenvalue weighted by molar-refractivity contribution is 0.104. The molecule has 3 aromatic carbocycles. The molecule has 5 rings (SSSR count). The van der Waals surface area contributed by atoms with Crippen LogP contribution in [-0.4, -0.2) is 10.4 Å². The number of hydrogen-bond acceptors (Lipinski definition) is 3. The molecule has 0 saturated heterocycles. The minimum Gasteiger partial charge on any atom is -0.355 e. The van der Waals surface area contributed by atoms with E-state index in [1.807, 2.05) is 115 Å². The van der Waals surface area contributed by atoms with Gasteiger partial charge in [-0.2, -0.15) is 0 Å². The van der Waals surface area contributed by atoms with E-state index in [1.54, 1.807) is 11.6 Å². The molecule has 1 aliphatic carbocycles. The minimum absolute atomic E-state index is 0.0230. The fourth-order valence-electron chi connectivity index (χ4n) is 4.17. The van der Waals surface area contributed by atoms with Gasteiger partial charge in [-0.25, -0.2) is 0 Å². The first-order valence-corrected chi connectivity index (χ1v) is 12.2. The van der Waals surface area contributed by atoms with Gasteiger partial charge >= 0.3 is 0 Å². The van der Waals surface area contributed by atoms with Crippen molar-refractivity contribution in [2.45, 2.75) is 48.5 Å². The summed E-state index contributed by atoms with van der Waals surface area (Å²) in [6.07, 6.45) is 0. The third-order valence-corrected chi connectivity index (χ3v) is 5.52. The summed E-state index contributed by atoms with van der Waals surface area (Å²) in [5.41, 5.74) is 5.99. The van der Waals surface area contributed by atoms with Crippen LogP contribution >= 0.6 is 0 Å². The van der Waals surface area contributed by atoms with Gasteiger partial charge in [0.15, 0.2) is 5.78 Å². The number of pyridine rings is 1. The lowest BCUT2D eigenvalue weighted by atomic mass is 9.81. The van der Waals surface area contributed by atoms with Crippen molar-refractivity contribution in [3.8, 4) is 11.1 Å². The molecule has 1 N–H and O–H groups in total. The second kappa shape index (κ2) is 12.0. The Bertz CT molecular complexity index is 1340. The number of hydrogen-bond donors (Lipinski definition) is 1. The van der Waals surface area contributed by atoms with Gasteiger partial charge in [-0.15, -0.1) is 0 Å². The molecule has 0 bridgehead atoms. The van der Waals surface area contributed by atoms with E-state index in [-0.39, 0.29) is 11.3 Å². The van der Waals surface area contributed by atoms with Crippen molar-refractivity contribution in [1.29, 1.82) is 0 Å². The Kier molecular flexibility index (Phi) is 9.37. The molecule has 34 heavy (non-hydrogen) atoms. The SMILES string of the molecule is CC.CC.CC.Cc1c2c3c(c(Nc4ccccc4)ccc3n(C)c1=O)C(=O)c1ccccc1-2. The first-order valence-electron chi connectivity index (χ1n) is 12.2. The lowest BCUT2D eigenvalue weighted by Crippen LogP contribution is -2.24. The van der Waals surface area contributed by atoms with Gasteiger partial charge in [0, 0.05) is 34.8 Å². The largest absolute Gasteiger partial charge is 0.355 e. The standard InChI is InChI=1S/C24H18N2O2.3C2H6/c1-14-20-16-10-6-7-11-17(16)23(27)21-18(25-15-8-4-3-5-9-15)12-13-19(22(20)21)26(2)24(14)28;3*1-2/h3-13,25H,1-2H3;3*1-2H3. The summed E-state index contributed by atoms with van der Waals surface area (Å²) >= 11 is 0. The van der Waals surface area contributed by atoms with Gasteiger partial charge in [-0.1, -0.05) is 84.0 Å². The average molecular weight is 457 g/mol. The van der Waals surface area contributed by atoms with Gasteiger partial charge in [-0.3, -0.25) is 9.59 Å². The molecule has 0 atom stereocenters. The quantitative estimate of drug-likeness (QED) is 0.294. The van der Waals surface area contributed by atoms with E-state index in [1.165, 1.54) is 0 Å². The molecule has 1 aliphatic rings. The molecule has 0 spiro atoms. The van der Waals surface area contributed by atoms with Crippen LogP contribution in [0.4, 0.5) is 11.4 Å². The molecular weight excluding hydrogens is 420 g/mol. The van der Waals surface area contributed by atoms with Crippen LogP contribution in [0.15, 0.2) is 71.5 Å². The first-order chi connectivity index (χ1) is 16.6. The van der Waals surface area contributed by atoms with Crippen LogP contribution in [0.25, 0.3) is 22.0 Å². The van der Waals surface area contributed by atoms with E-state index in [2.05, 4.69) is 5.32 Å². The summed E-state index contributed by atoms with van der Waals surface area (Å²) in [5, 5.41) is 4.22. The average Bonchev–Trinajstić information content (AvgIpc) is 2.91. The van der Waals surface area contributed by atoms with E-state index in [0.29, 0.717) is 16.7 Å². The van der Waals surface area contributed by atoms with Crippen molar-refractivity contribution in [1.82, 2.24) is 4.57 Å². The Morgan fingerprint density at radius 1 is 0.676 bits per heavy atom. The fourth-order valence-corrected chi connectivity index (χ4v) is 4.17. The fraction of sp³-hybridized carbons (Fsp3) is 0.267. The first kappa shape index (κ1) is 26.6. The molecular formula is C30H36N2O2. The predicted molar refractivity (Wildman–Crippen MR) is 147 cm³/mol. The Balaban J connectivity index is 0.000000633. The van der Waals surface area contributed by atoms with Crippen LogP contribution < -0.4 is 10.9 Å². The number of benzene rings is 3. The normalized spacial score (nSPS) is 10.5. The number of carbonyl (C=O) groups is 1. The number of anilines is 2. The zero-order chi connectivity index (χ0) is 25.4. The molecule has 0 fully saturated rings. The summed E-state index contributed by atoms with van der Waals surface area (Å²) in [7, 11) is 1.76. The highest BCUT2D eigenvalue weighted by molar-refractivity contribution is 6.28. The van der Waals surface area contributed by atoms with Crippen molar-refractivity contribution in [2.24, 2.45) is 7.05 Å². The van der Waals surface area contributed by atoms with Gasteiger partial charge in [-0.05, 0) is 36.8 Å². The maximum absolute atomic E-state index is 13.5. The number of nitrogens with zero attached hydrogens (tertiary/aromatic N) is 1. The topological polar surface area (TPSA) is 51.1 Å². The Hall–Kier alpha value is -3.66. The summed E-state index contributed by atoms with van der Waals surface area (Å²) in [5.74, 6) is -0.0230. The molecule has 4 nitrogen and oxygen atoms in total. The van der Waals surface area contributed by atoms with Crippen molar-refractivity contribution in [2.75, 3.05) is 5.32 Å². The molecule has 4 heteroatoms. The Morgan fingerprint density at radius 2 is 1.24 bits per heavy atom. The molecule has 4 aromatic rings. The van der Waals surface area contributed by atoms with Crippen LogP contribution in [0.2, 0.25) is 0 Å². The maximum Gasteiger partial charge on any atom is 0.254 e. The van der Waals surface area contributed by atoms with E-state index in [4.69, 9.17) is 0 Å². The van der Waals surface area contributed by atoms with Gasteiger partial charge in [0.25, 0.3) is 5.56 Å². The summed E-state index contributed by atoms with van der Waals surface area (Å²) in [4.78, 5) is 26.3. The van der Waals surface area contributed by atoms with E-state index < -0.39 is 0 Å². The number of para-hydroxylation sites is 1. The van der Waals surface area contributed by atoms with E-state index >= 15 is 0 Å². The monoisotopic (exact) mass is 456 g/mol. The molecule has 178 valence electrons. The van der Waals surface area contributed by atoms with Crippen molar-refractivity contribution >= 4 is 28.1 Å². The summed E-state index contributed by atoms with van der Waals surface area (Å²) in [6.45, 7) is 13.8. The van der Waals surface area contributed by atoms with Gasteiger partial charge < -0.3 is 9.88 Å². The van der Waals surface area contributed by atoms with Gasteiger partial charge in [0.2, 0.25) is 0 Å². The Morgan fingerprint density at radius 3 is 1.85 bits per heavy atom. The smallest absolute Gasteiger partial charge is 0.254 e. The van der Waals surface area contributed by atoms with Crippen molar-refractivity contribution in [3.05, 3.63) is 93.8 Å². The zero-order valence-corrected chi connectivity index (χ0v) is 21.6.